The van der Waals surface area contributed by atoms with Crippen LogP contribution in [0.4, 0.5) is 5.82 Å². The summed E-state index contributed by atoms with van der Waals surface area (Å²) >= 11 is 0. The lowest BCUT2D eigenvalue weighted by Crippen LogP contribution is -2.34. The van der Waals surface area contributed by atoms with Gasteiger partial charge in [0.05, 0.1) is 0 Å². The molecular weight excluding hydrogens is 270 g/mol. The smallest absolute Gasteiger partial charge is 0.303 e. The summed E-state index contributed by atoms with van der Waals surface area (Å²) in [6, 6.07) is 3.42. The molecule has 1 aliphatic rings. The second-order valence-electron chi connectivity index (χ2n) is 5.58. The number of piperidine rings is 1. The van der Waals surface area contributed by atoms with Crippen molar-refractivity contribution in [2.24, 2.45) is 11.7 Å². The first kappa shape index (κ1) is 15.3. The predicted octanol–water partition coefficient (Wildman–Crippen LogP) is 1.57. The van der Waals surface area contributed by atoms with Gasteiger partial charge in [-0.15, -0.1) is 0 Å². The third-order valence-electron chi connectivity index (χ3n) is 3.93. The molecule has 1 aromatic rings. The van der Waals surface area contributed by atoms with Crippen LogP contribution in [0.5, 0.6) is 0 Å². The van der Waals surface area contributed by atoms with Crippen LogP contribution < -0.4 is 10.6 Å². The minimum atomic E-state index is -0.733. The standard InChI is InChI=1S/C15H21N3O3/c1-10-8-12(15(16)21)9-13(17-10)18-6-4-11(5-7-18)2-3-14(19)20/h8-9,11H,2-7H2,1H3,(H2,16,21)(H,19,20). The van der Waals surface area contributed by atoms with Gasteiger partial charge in [-0.05, 0) is 44.2 Å². The molecule has 1 saturated heterocycles. The molecular formula is C15H21N3O3. The number of amides is 1. The van der Waals surface area contributed by atoms with Gasteiger partial charge in [0.25, 0.3) is 0 Å². The number of aliphatic carboxylic acids is 1. The predicted molar refractivity (Wildman–Crippen MR) is 79.3 cm³/mol. The average molecular weight is 291 g/mol. The van der Waals surface area contributed by atoms with Crippen molar-refractivity contribution >= 4 is 17.7 Å². The van der Waals surface area contributed by atoms with Crippen molar-refractivity contribution in [2.45, 2.75) is 32.6 Å². The summed E-state index contributed by atoms with van der Waals surface area (Å²) in [4.78, 5) is 28.5. The maximum absolute atomic E-state index is 11.3. The van der Waals surface area contributed by atoms with Gasteiger partial charge in [-0.25, -0.2) is 4.98 Å². The Kier molecular flexibility index (Phi) is 4.77. The van der Waals surface area contributed by atoms with Gasteiger partial charge in [-0.1, -0.05) is 0 Å². The lowest BCUT2D eigenvalue weighted by atomic mass is 9.92. The molecule has 0 spiro atoms. The molecule has 1 fully saturated rings. The Labute approximate surface area is 124 Å². The van der Waals surface area contributed by atoms with Gasteiger partial charge < -0.3 is 15.7 Å². The molecule has 0 atom stereocenters. The van der Waals surface area contributed by atoms with E-state index in [-0.39, 0.29) is 6.42 Å². The minimum absolute atomic E-state index is 0.235. The van der Waals surface area contributed by atoms with Crippen molar-refractivity contribution in [3.05, 3.63) is 23.4 Å². The van der Waals surface area contributed by atoms with E-state index in [1.54, 1.807) is 12.1 Å². The Bertz CT molecular complexity index is 537. The molecule has 0 aromatic carbocycles. The molecule has 1 amide bonds. The fraction of sp³-hybridized carbons (Fsp3) is 0.533. The van der Waals surface area contributed by atoms with E-state index < -0.39 is 11.9 Å². The van der Waals surface area contributed by atoms with Gasteiger partial charge in [-0.3, -0.25) is 9.59 Å². The van der Waals surface area contributed by atoms with Crippen molar-refractivity contribution in [3.63, 3.8) is 0 Å². The highest BCUT2D eigenvalue weighted by Crippen LogP contribution is 2.25. The van der Waals surface area contributed by atoms with E-state index in [1.165, 1.54) is 0 Å². The molecule has 114 valence electrons. The number of rotatable bonds is 5. The second kappa shape index (κ2) is 6.56. The molecule has 0 bridgehead atoms. The summed E-state index contributed by atoms with van der Waals surface area (Å²) in [6.45, 7) is 3.51. The maximum Gasteiger partial charge on any atom is 0.303 e. The number of pyridine rings is 1. The first-order valence-corrected chi connectivity index (χ1v) is 7.21. The maximum atomic E-state index is 11.3. The number of aryl methyl sites for hydroxylation is 1. The summed E-state index contributed by atoms with van der Waals surface area (Å²) in [5.74, 6) is 0.0558. The van der Waals surface area contributed by atoms with E-state index >= 15 is 0 Å². The third kappa shape index (κ3) is 4.18. The van der Waals surface area contributed by atoms with Gasteiger partial charge >= 0.3 is 5.97 Å². The van der Waals surface area contributed by atoms with Crippen LogP contribution in [0.3, 0.4) is 0 Å². The summed E-state index contributed by atoms with van der Waals surface area (Å²) in [6.07, 6.45) is 2.87. The minimum Gasteiger partial charge on any atom is -0.481 e. The largest absolute Gasteiger partial charge is 0.481 e. The molecule has 3 N–H and O–H groups in total. The first-order chi connectivity index (χ1) is 9.95. The highest BCUT2D eigenvalue weighted by atomic mass is 16.4. The van der Waals surface area contributed by atoms with Crippen LogP contribution in [0.1, 0.15) is 41.7 Å². The molecule has 2 heterocycles. The monoisotopic (exact) mass is 291 g/mol. The normalized spacial score (nSPS) is 16.0. The van der Waals surface area contributed by atoms with Crippen molar-refractivity contribution < 1.29 is 14.7 Å². The van der Waals surface area contributed by atoms with Crippen LogP contribution in [0.15, 0.2) is 12.1 Å². The van der Waals surface area contributed by atoms with Crippen LogP contribution in [-0.4, -0.2) is 35.1 Å². The molecule has 0 saturated carbocycles. The molecule has 6 heteroatoms. The number of nitrogens with zero attached hydrogens (tertiary/aromatic N) is 2. The lowest BCUT2D eigenvalue weighted by molar-refractivity contribution is -0.137. The summed E-state index contributed by atoms with van der Waals surface area (Å²) in [5, 5.41) is 8.72. The highest BCUT2D eigenvalue weighted by Gasteiger charge is 2.21. The van der Waals surface area contributed by atoms with E-state index in [4.69, 9.17) is 10.8 Å². The van der Waals surface area contributed by atoms with E-state index in [1.807, 2.05) is 6.92 Å². The van der Waals surface area contributed by atoms with E-state index in [2.05, 4.69) is 9.88 Å². The van der Waals surface area contributed by atoms with E-state index in [0.717, 1.165) is 43.9 Å². The highest BCUT2D eigenvalue weighted by molar-refractivity contribution is 5.93. The van der Waals surface area contributed by atoms with Crippen LogP contribution in [0.2, 0.25) is 0 Å². The lowest BCUT2D eigenvalue weighted by Gasteiger charge is -2.33. The molecule has 21 heavy (non-hydrogen) atoms. The number of primary amides is 1. The third-order valence-corrected chi connectivity index (χ3v) is 3.93. The number of carboxylic acid groups (broad SMARTS) is 1. The zero-order valence-electron chi connectivity index (χ0n) is 12.2. The zero-order chi connectivity index (χ0) is 15.4. The van der Waals surface area contributed by atoms with Crippen molar-refractivity contribution in [1.82, 2.24) is 4.98 Å². The molecule has 2 rings (SSSR count). The van der Waals surface area contributed by atoms with Gasteiger partial charge in [0.2, 0.25) is 5.91 Å². The second-order valence-corrected chi connectivity index (χ2v) is 5.58. The number of hydrogen-bond donors (Lipinski definition) is 2. The van der Waals surface area contributed by atoms with E-state index in [9.17, 15) is 9.59 Å². The summed E-state index contributed by atoms with van der Waals surface area (Å²) < 4.78 is 0. The Morgan fingerprint density at radius 1 is 1.38 bits per heavy atom. The first-order valence-electron chi connectivity index (χ1n) is 7.21. The molecule has 0 radical (unpaired) electrons. The number of carbonyl (C=O) groups is 2. The Hall–Kier alpha value is -2.11. The van der Waals surface area contributed by atoms with Crippen LogP contribution in [0, 0.1) is 12.8 Å². The van der Waals surface area contributed by atoms with Crippen molar-refractivity contribution in [3.8, 4) is 0 Å². The van der Waals surface area contributed by atoms with Gasteiger partial charge in [0.15, 0.2) is 0 Å². The fourth-order valence-corrected chi connectivity index (χ4v) is 2.73. The van der Waals surface area contributed by atoms with Gasteiger partial charge in [-0.2, -0.15) is 0 Å². The van der Waals surface area contributed by atoms with Gasteiger partial charge in [0.1, 0.15) is 5.82 Å². The Morgan fingerprint density at radius 3 is 2.62 bits per heavy atom. The van der Waals surface area contributed by atoms with Crippen LogP contribution in [0.25, 0.3) is 0 Å². The number of nitrogens with two attached hydrogens (primary N) is 1. The molecule has 1 aromatic heterocycles. The van der Waals surface area contributed by atoms with Crippen LogP contribution >= 0.6 is 0 Å². The summed E-state index contributed by atoms with van der Waals surface area (Å²) in [5.41, 5.74) is 6.58. The Balaban J connectivity index is 1.99. The molecule has 0 aliphatic carbocycles. The number of anilines is 1. The average Bonchev–Trinajstić information content (AvgIpc) is 2.45. The SMILES string of the molecule is Cc1cc(C(N)=O)cc(N2CCC(CCC(=O)O)CC2)n1. The zero-order valence-corrected chi connectivity index (χ0v) is 12.2. The molecule has 0 unspecified atom stereocenters. The topological polar surface area (TPSA) is 96.5 Å². The summed E-state index contributed by atoms with van der Waals surface area (Å²) in [7, 11) is 0. The Morgan fingerprint density at radius 2 is 2.05 bits per heavy atom. The number of aromatic nitrogens is 1. The van der Waals surface area contributed by atoms with Crippen molar-refractivity contribution in [2.75, 3.05) is 18.0 Å². The quantitative estimate of drug-likeness (QED) is 0.858. The molecule has 1 aliphatic heterocycles. The van der Waals surface area contributed by atoms with Crippen LogP contribution in [-0.2, 0) is 4.79 Å². The number of carbonyl (C=O) groups excluding carboxylic acids is 1. The van der Waals surface area contributed by atoms with E-state index in [0.29, 0.717) is 11.5 Å². The molecule has 6 nitrogen and oxygen atoms in total. The number of carboxylic acids is 1. The van der Waals surface area contributed by atoms with Gasteiger partial charge in [0, 0.05) is 30.8 Å². The van der Waals surface area contributed by atoms with Crippen molar-refractivity contribution in [1.29, 1.82) is 0 Å². The number of hydrogen-bond acceptors (Lipinski definition) is 4. The fourth-order valence-electron chi connectivity index (χ4n) is 2.73.